The van der Waals surface area contributed by atoms with E-state index in [-0.39, 0.29) is 23.6 Å². The van der Waals surface area contributed by atoms with Crippen LogP contribution in [0, 0.1) is 0 Å². The van der Waals surface area contributed by atoms with Crippen LogP contribution in [0.5, 0.6) is 5.75 Å². The minimum atomic E-state index is -4.55. The third-order valence-corrected chi connectivity index (χ3v) is 6.67. The first-order valence-corrected chi connectivity index (χ1v) is 10.8. The number of benzene rings is 2. The molecule has 2 fully saturated rings. The maximum absolute atomic E-state index is 13.2. The number of phenols is 1. The summed E-state index contributed by atoms with van der Waals surface area (Å²) in [4.78, 5) is 11.8. The van der Waals surface area contributed by atoms with Crippen LogP contribution in [-0.2, 0) is 21.2 Å². The summed E-state index contributed by atoms with van der Waals surface area (Å²) in [5, 5.41) is 16.5. The zero-order valence-corrected chi connectivity index (χ0v) is 17.8. The summed E-state index contributed by atoms with van der Waals surface area (Å²) >= 11 is 0. The maximum atomic E-state index is 13.2. The lowest BCUT2D eigenvalue weighted by Gasteiger charge is -2.46. The first-order valence-electron chi connectivity index (χ1n) is 10.8. The largest absolute Gasteiger partial charge is 0.508 e. The van der Waals surface area contributed by atoms with E-state index in [9.17, 15) is 23.1 Å². The highest BCUT2D eigenvalue weighted by Crippen LogP contribution is 2.39. The van der Waals surface area contributed by atoms with Crippen molar-refractivity contribution in [1.29, 1.82) is 0 Å². The van der Waals surface area contributed by atoms with Crippen molar-refractivity contribution in [3.63, 3.8) is 0 Å². The Kier molecular flexibility index (Phi) is 5.94. The van der Waals surface area contributed by atoms with Crippen molar-refractivity contribution >= 4 is 5.91 Å². The lowest BCUT2D eigenvalue weighted by atomic mass is 9.76. The molecule has 2 aromatic carbocycles. The van der Waals surface area contributed by atoms with E-state index in [0.717, 1.165) is 24.5 Å². The van der Waals surface area contributed by atoms with Crippen molar-refractivity contribution in [2.24, 2.45) is 0 Å². The van der Waals surface area contributed by atoms with E-state index in [1.165, 1.54) is 6.07 Å². The van der Waals surface area contributed by atoms with Gasteiger partial charge in [0, 0.05) is 13.0 Å². The topological polar surface area (TPSA) is 70.6 Å². The van der Waals surface area contributed by atoms with Gasteiger partial charge in [0.2, 0.25) is 5.91 Å². The van der Waals surface area contributed by atoms with Crippen LogP contribution in [0.25, 0.3) is 0 Å². The highest BCUT2D eigenvalue weighted by molar-refractivity contribution is 5.79. The fourth-order valence-corrected chi connectivity index (χ4v) is 4.67. The van der Waals surface area contributed by atoms with Crippen LogP contribution >= 0.6 is 0 Å². The Hall–Kier alpha value is -2.58. The molecular formula is C24H27F3N2O3. The number of hydrogen-bond donors (Lipinski definition) is 3. The smallest absolute Gasteiger partial charge is 0.416 e. The summed E-state index contributed by atoms with van der Waals surface area (Å²) in [6.45, 7) is 2.50. The van der Waals surface area contributed by atoms with Crippen LogP contribution in [0.1, 0.15) is 55.4 Å². The van der Waals surface area contributed by atoms with Gasteiger partial charge in [-0.2, -0.15) is 13.2 Å². The predicted molar refractivity (Wildman–Crippen MR) is 113 cm³/mol. The van der Waals surface area contributed by atoms with Gasteiger partial charge in [-0.1, -0.05) is 30.3 Å². The Morgan fingerprint density at radius 1 is 1.12 bits per heavy atom. The monoisotopic (exact) mass is 448 g/mol. The molecule has 2 aliphatic rings. The molecular weight excluding hydrogens is 421 g/mol. The van der Waals surface area contributed by atoms with Crippen molar-refractivity contribution in [3.8, 4) is 5.75 Å². The van der Waals surface area contributed by atoms with Gasteiger partial charge < -0.3 is 20.5 Å². The van der Waals surface area contributed by atoms with Gasteiger partial charge in [0.25, 0.3) is 0 Å². The summed E-state index contributed by atoms with van der Waals surface area (Å²) < 4.78 is 45.5. The molecule has 2 heterocycles. The molecule has 32 heavy (non-hydrogen) atoms. The SMILES string of the molecule is C[C@@H](OC[C@@]1(c2ccccc2)CC[C@]2(CCC(=O)N2)CN1)c1cc(O)cc(C(F)(F)F)c1. The van der Waals surface area contributed by atoms with Crippen LogP contribution in [0.15, 0.2) is 48.5 Å². The maximum Gasteiger partial charge on any atom is 0.416 e. The van der Waals surface area contributed by atoms with Crippen molar-refractivity contribution in [3.05, 3.63) is 65.2 Å². The van der Waals surface area contributed by atoms with Gasteiger partial charge in [-0.05, 0) is 55.5 Å². The van der Waals surface area contributed by atoms with Crippen LogP contribution in [0.2, 0.25) is 0 Å². The fourth-order valence-electron chi connectivity index (χ4n) is 4.67. The number of phenolic OH excluding ortho intramolecular Hbond substituents is 1. The van der Waals surface area contributed by atoms with E-state index in [4.69, 9.17) is 4.74 Å². The van der Waals surface area contributed by atoms with Crippen molar-refractivity contribution < 1.29 is 27.8 Å². The molecule has 0 saturated carbocycles. The summed E-state index contributed by atoms with van der Waals surface area (Å²) in [5.74, 6) is -0.383. The normalized spacial score (nSPS) is 26.8. The molecule has 2 aromatic rings. The molecule has 0 unspecified atom stereocenters. The molecule has 0 aromatic heterocycles. The number of hydrogen-bond acceptors (Lipinski definition) is 4. The average molecular weight is 448 g/mol. The third-order valence-electron chi connectivity index (χ3n) is 6.67. The van der Waals surface area contributed by atoms with Crippen LogP contribution < -0.4 is 10.6 Å². The summed E-state index contributed by atoms with van der Waals surface area (Å²) in [7, 11) is 0. The number of rotatable bonds is 5. The van der Waals surface area contributed by atoms with E-state index in [0.29, 0.717) is 25.5 Å². The van der Waals surface area contributed by atoms with Gasteiger partial charge in [-0.15, -0.1) is 0 Å². The molecule has 0 radical (unpaired) electrons. The number of amides is 1. The van der Waals surface area contributed by atoms with E-state index >= 15 is 0 Å². The van der Waals surface area contributed by atoms with Crippen LogP contribution in [0.3, 0.4) is 0 Å². The van der Waals surface area contributed by atoms with Crippen LogP contribution in [-0.4, -0.2) is 29.7 Å². The van der Waals surface area contributed by atoms with E-state index in [2.05, 4.69) is 10.6 Å². The second kappa shape index (κ2) is 8.41. The highest BCUT2D eigenvalue weighted by Gasteiger charge is 2.46. The molecule has 0 bridgehead atoms. The Bertz CT molecular complexity index is 970. The van der Waals surface area contributed by atoms with Crippen molar-refractivity contribution in [2.75, 3.05) is 13.2 Å². The Morgan fingerprint density at radius 3 is 2.47 bits per heavy atom. The van der Waals surface area contributed by atoms with E-state index in [1.807, 2.05) is 30.3 Å². The minimum Gasteiger partial charge on any atom is -0.508 e. The molecule has 8 heteroatoms. The molecule has 1 spiro atoms. The van der Waals surface area contributed by atoms with Gasteiger partial charge in [0.05, 0.1) is 29.4 Å². The Balaban J connectivity index is 1.53. The number of nitrogens with one attached hydrogen (secondary N) is 2. The first kappa shape index (κ1) is 22.6. The summed E-state index contributed by atoms with van der Waals surface area (Å²) in [6, 6.07) is 12.8. The molecule has 5 nitrogen and oxygen atoms in total. The lowest BCUT2D eigenvalue weighted by Crippen LogP contribution is -2.61. The Morgan fingerprint density at radius 2 is 1.88 bits per heavy atom. The van der Waals surface area contributed by atoms with Gasteiger partial charge in [-0.3, -0.25) is 4.79 Å². The second-order valence-electron chi connectivity index (χ2n) is 8.89. The summed E-state index contributed by atoms with van der Waals surface area (Å²) in [5.41, 5.74) is -0.407. The number of aromatic hydroxyl groups is 1. The predicted octanol–water partition coefficient (Wildman–Crippen LogP) is 4.42. The summed E-state index contributed by atoms with van der Waals surface area (Å²) in [6.07, 6.45) is -2.42. The average Bonchev–Trinajstić information content (AvgIpc) is 3.13. The van der Waals surface area contributed by atoms with Gasteiger partial charge in [0.15, 0.2) is 0 Å². The number of piperidine rings is 1. The third kappa shape index (κ3) is 4.61. The van der Waals surface area contributed by atoms with E-state index < -0.39 is 29.1 Å². The fraction of sp³-hybridized carbons (Fsp3) is 0.458. The highest BCUT2D eigenvalue weighted by atomic mass is 19.4. The minimum absolute atomic E-state index is 0.0632. The molecule has 2 aliphatic heterocycles. The number of carbonyl (C=O) groups is 1. The molecule has 3 N–H and O–H groups in total. The van der Waals surface area contributed by atoms with E-state index in [1.54, 1.807) is 6.92 Å². The van der Waals surface area contributed by atoms with Gasteiger partial charge in [-0.25, -0.2) is 0 Å². The molecule has 2 saturated heterocycles. The zero-order chi connectivity index (χ0) is 23.0. The van der Waals surface area contributed by atoms with Crippen molar-refractivity contribution in [1.82, 2.24) is 10.6 Å². The number of ether oxygens (including phenoxy) is 1. The number of halogens is 3. The molecule has 0 aliphatic carbocycles. The standard InChI is InChI=1S/C24H27F3N2O3/c1-16(17-11-19(24(25,26)27)13-20(30)12-17)32-15-23(18-5-3-2-4-6-18)10-9-22(14-28-23)8-7-21(31)29-22/h2-6,11-13,16,28,30H,7-10,14-15H2,1H3,(H,29,31)/t16-,22-,23-/m1/s1. The zero-order valence-electron chi connectivity index (χ0n) is 17.8. The molecule has 1 amide bonds. The van der Waals surface area contributed by atoms with Gasteiger partial charge >= 0.3 is 6.18 Å². The number of alkyl halides is 3. The quantitative estimate of drug-likeness (QED) is 0.634. The Labute approximate surface area is 185 Å². The molecule has 3 atom stereocenters. The first-order chi connectivity index (χ1) is 15.1. The molecule has 4 rings (SSSR count). The lowest BCUT2D eigenvalue weighted by molar-refractivity contribution is -0.137. The van der Waals surface area contributed by atoms with Gasteiger partial charge in [0.1, 0.15) is 5.75 Å². The number of carbonyl (C=O) groups excluding carboxylic acids is 1. The van der Waals surface area contributed by atoms with Crippen LogP contribution in [0.4, 0.5) is 13.2 Å². The molecule has 172 valence electrons. The van der Waals surface area contributed by atoms with Crippen molar-refractivity contribution in [2.45, 2.75) is 56.0 Å². The second-order valence-corrected chi connectivity index (χ2v) is 8.89.